The smallest absolute Gasteiger partial charge is 0.322 e. The highest BCUT2D eigenvalue weighted by atomic mass is 16.4. The molecule has 0 spiro atoms. The average Bonchev–Trinajstić information content (AvgIpc) is 3.10. The van der Waals surface area contributed by atoms with Crippen molar-refractivity contribution in [2.45, 2.75) is 97.2 Å². The average molecular weight is 450 g/mol. The van der Waals surface area contributed by atoms with Gasteiger partial charge in [0.05, 0.1) is 12.2 Å². The Bertz CT molecular complexity index is 727. The van der Waals surface area contributed by atoms with Gasteiger partial charge in [-0.3, -0.25) is 9.59 Å². The lowest BCUT2D eigenvalue weighted by Gasteiger charge is -2.62. The molecule has 0 heterocycles. The van der Waals surface area contributed by atoms with Crippen molar-refractivity contribution in [2.24, 2.45) is 46.3 Å². The van der Waals surface area contributed by atoms with Gasteiger partial charge in [-0.15, -0.1) is 0 Å². The van der Waals surface area contributed by atoms with E-state index in [9.17, 15) is 19.8 Å². The molecule has 2 unspecified atom stereocenters. The zero-order valence-corrected chi connectivity index (χ0v) is 20.1. The maximum Gasteiger partial charge on any atom is 0.322 e. The van der Waals surface area contributed by atoms with Crippen LogP contribution in [0.25, 0.3) is 0 Å². The number of aliphatic carboxylic acids is 1. The molecule has 32 heavy (non-hydrogen) atoms. The van der Waals surface area contributed by atoms with Gasteiger partial charge in [0.15, 0.2) is 0 Å². The minimum Gasteiger partial charge on any atom is -0.480 e. The molecular weight excluding hydrogens is 406 g/mol. The van der Waals surface area contributed by atoms with E-state index in [1.165, 1.54) is 12.8 Å². The molecule has 0 bridgehead atoms. The van der Waals surface area contributed by atoms with Gasteiger partial charge >= 0.3 is 5.97 Å². The highest BCUT2D eigenvalue weighted by Crippen LogP contribution is 2.68. The number of carboxylic acids is 1. The molecule has 10 atom stereocenters. The number of hydrogen-bond acceptors (Lipinski definition) is 4. The third kappa shape index (κ3) is 4.00. The van der Waals surface area contributed by atoms with Crippen LogP contribution in [0, 0.1) is 46.3 Å². The Morgan fingerprint density at radius 1 is 1.03 bits per heavy atom. The summed E-state index contributed by atoms with van der Waals surface area (Å²) in [6.07, 6.45) is 9.12. The van der Waals surface area contributed by atoms with Crippen LogP contribution in [0.3, 0.4) is 0 Å². The molecule has 4 aliphatic carbocycles. The zero-order valence-electron chi connectivity index (χ0n) is 20.1. The maximum atomic E-state index is 12.0. The van der Waals surface area contributed by atoms with Crippen molar-refractivity contribution < 1.29 is 24.9 Å². The number of hydrogen-bond donors (Lipinski definition) is 4. The van der Waals surface area contributed by atoms with E-state index in [2.05, 4.69) is 26.1 Å². The first-order chi connectivity index (χ1) is 15.1. The lowest BCUT2D eigenvalue weighted by Crippen LogP contribution is -2.58. The molecule has 0 aromatic heterocycles. The summed E-state index contributed by atoms with van der Waals surface area (Å²) in [7, 11) is 0. The van der Waals surface area contributed by atoms with Gasteiger partial charge in [0.2, 0.25) is 5.91 Å². The molecule has 0 saturated heterocycles. The van der Waals surface area contributed by atoms with Crippen LogP contribution < -0.4 is 5.32 Å². The van der Waals surface area contributed by atoms with E-state index in [-0.39, 0.29) is 35.5 Å². The van der Waals surface area contributed by atoms with Gasteiger partial charge in [0.1, 0.15) is 6.54 Å². The molecule has 0 radical (unpaired) electrons. The second-order valence-corrected chi connectivity index (χ2v) is 12.1. The van der Waals surface area contributed by atoms with Crippen LogP contribution in [0.5, 0.6) is 0 Å². The van der Waals surface area contributed by atoms with Gasteiger partial charge in [-0.1, -0.05) is 20.8 Å². The number of amides is 1. The maximum absolute atomic E-state index is 12.0. The number of aliphatic hydroxyl groups is 2. The Balaban J connectivity index is 1.45. The summed E-state index contributed by atoms with van der Waals surface area (Å²) < 4.78 is 0. The Labute approximate surface area is 192 Å². The van der Waals surface area contributed by atoms with Gasteiger partial charge in [-0.05, 0) is 104 Å². The van der Waals surface area contributed by atoms with E-state index < -0.39 is 5.97 Å². The van der Waals surface area contributed by atoms with Crippen LogP contribution >= 0.6 is 0 Å². The van der Waals surface area contributed by atoms with Crippen molar-refractivity contribution in [3.8, 4) is 0 Å². The van der Waals surface area contributed by atoms with Crippen LogP contribution in [-0.2, 0) is 9.59 Å². The Hall–Kier alpha value is -1.14. The summed E-state index contributed by atoms with van der Waals surface area (Å²) >= 11 is 0. The first-order valence-corrected chi connectivity index (χ1v) is 12.9. The summed E-state index contributed by atoms with van der Waals surface area (Å²) in [5, 5.41) is 33.0. The predicted molar refractivity (Wildman–Crippen MR) is 122 cm³/mol. The number of carboxylic acid groups (broad SMARTS) is 1. The fourth-order valence-corrected chi connectivity index (χ4v) is 8.98. The summed E-state index contributed by atoms with van der Waals surface area (Å²) in [6, 6.07) is 0. The van der Waals surface area contributed by atoms with E-state index in [0.717, 1.165) is 44.9 Å². The van der Waals surface area contributed by atoms with Gasteiger partial charge in [-0.25, -0.2) is 0 Å². The molecule has 182 valence electrons. The summed E-state index contributed by atoms with van der Waals surface area (Å²) in [6.45, 7) is 6.65. The first-order valence-electron chi connectivity index (χ1n) is 12.9. The molecule has 4 N–H and O–H groups in total. The molecule has 0 aliphatic heterocycles. The van der Waals surface area contributed by atoms with Crippen LogP contribution in [0.2, 0.25) is 0 Å². The highest BCUT2D eigenvalue weighted by molar-refractivity contribution is 5.81. The van der Waals surface area contributed by atoms with Crippen molar-refractivity contribution in [3.63, 3.8) is 0 Å². The molecule has 4 fully saturated rings. The molecule has 6 nitrogen and oxygen atoms in total. The summed E-state index contributed by atoms with van der Waals surface area (Å²) in [5.41, 5.74) is 0.145. The quantitative estimate of drug-likeness (QED) is 0.496. The van der Waals surface area contributed by atoms with Crippen LogP contribution in [-0.4, -0.2) is 45.9 Å². The van der Waals surface area contributed by atoms with E-state index in [0.29, 0.717) is 41.9 Å². The van der Waals surface area contributed by atoms with Crippen molar-refractivity contribution in [1.82, 2.24) is 5.32 Å². The van der Waals surface area contributed by atoms with E-state index in [1.54, 1.807) is 0 Å². The van der Waals surface area contributed by atoms with E-state index in [1.807, 2.05) is 0 Å². The lowest BCUT2D eigenvalue weighted by atomic mass is 9.43. The minimum absolute atomic E-state index is 0.102. The summed E-state index contributed by atoms with van der Waals surface area (Å²) in [4.78, 5) is 22.7. The van der Waals surface area contributed by atoms with Crippen molar-refractivity contribution in [2.75, 3.05) is 6.54 Å². The second kappa shape index (κ2) is 8.90. The number of fused-ring (bicyclic) bond motifs is 5. The lowest BCUT2D eigenvalue weighted by molar-refractivity contribution is -0.175. The van der Waals surface area contributed by atoms with Crippen LogP contribution in [0.4, 0.5) is 0 Å². The largest absolute Gasteiger partial charge is 0.480 e. The van der Waals surface area contributed by atoms with Gasteiger partial charge in [0.25, 0.3) is 0 Å². The van der Waals surface area contributed by atoms with Gasteiger partial charge in [-0.2, -0.15) is 0 Å². The molecule has 1 amide bonds. The fraction of sp³-hybridized carbons (Fsp3) is 0.923. The number of carbonyl (C=O) groups excluding carboxylic acids is 1. The number of carbonyl (C=O) groups is 2. The minimum atomic E-state index is -1.02. The highest BCUT2D eigenvalue weighted by Gasteiger charge is 2.63. The summed E-state index contributed by atoms with van der Waals surface area (Å²) in [5.74, 6) is 1.84. The molecule has 4 saturated carbocycles. The predicted octanol–water partition coefficient (Wildman–Crippen LogP) is 3.59. The van der Waals surface area contributed by atoms with Gasteiger partial charge < -0.3 is 20.6 Å². The van der Waals surface area contributed by atoms with E-state index >= 15 is 0 Å². The molecule has 0 aromatic carbocycles. The third-order valence-electron chi connectivity index (χ3n) is 10.8. The van der Waals surface area contributed by atoms with Crippen molar-refractivity contribution in [3.05, 3.63) is 0 Å². The Kier molecular flexibility index (Phi) is 6.68. The second-order valence-electron chi connectivity index (χ2n) is 12.1. The molecule has 6 heteroatoms. The SMILES string of the molecule is C[C@H](CCC(=O)NCC(=O)O)[C@H]1CC[C@H]2[C@@H]3CC[C@@H]4C[C@H](O)CCC4(C)[C@H]3C[C@H](O)C12C. The molecule has 4 rings (SSSR count). The fourth-order valence-electron chi connectivity index (χ4n) is 8.98. The topological polar surface area (TPSA) is 107 Å². The van der Waals surface area contributed by atoms with Crippen LogP contribution in [0.15, 0.2) is 0 Å². The van der Waals surface area contributed by atoms with Crippen molar-refractivity contribution >= 4 is 11.9 Å². The number of nitrogens with one attached hydrogen (secondary N) is 1. The Morgan fingerprint density at radius 3 is 2.50 bits per heavy atom. The Morgan fingerprint density at radius 2 is 1.78 bits per heavy atom. The number of rotatable bonds is 6. The normalized spacial score (nSPS) is 46.5. The monoisotopic (exact) mass is 449 g/mol. The molecule has 4 aliphatic rings. The van der Waals surface area contributed by atoms with E-state index in [4.69, 9.17) is 5.11 Å². The van der Waals surface area contributed by atoms with Crippen molar-refractivity contribution in [1.29, 1.82) is 0 Å². The zero-order chi connectivity index (χ0) is 23.3. The first kappa shape index (κ1) is 24.0. The van der Waals surface area contributed by atoms with Crippen LogP contribution in [0.1, 0.15) is 85.0 Å². The molecular formula is C26H43NO5. The standard InChI is InChI=1S/C26H43NO5/c1-15(4-9-23(30)27-14-24(31)32)19-7-8-20-18-6-5-16-12-17(28)10-11-25(16,2)21(18)13-22(29)26(19,20)3/h15-22,28-29H,4-14H2,1-3H3,(H,27,30)(H,31,32)/t15-,16-,17-,18+,19-,20+,21+,22+,25?,26?/m1/s1. The van der Waals surface area contributed by atoms with Gasteiger partial charge in [0, 0.05) is 6.42 Å². The third-order valence-corrected chi connectivity index (χ3v) is 10.8. The number of aliphatic hydroxyl groups excluding tert-OH is 2. The molecule has 0 aromatic rings.